The molecule has 0 saturated carbocycles. The lowest BCUT2D eigenvalue weighted by Gasteiger charge is -2.12. The molecular formula is C30H22ClN5S2. The number of fused-ring (bicyclic) bond motifs is 1. The van der Waals surface area contributed by atoms with E-state index in [-0.39, 0.29) is 0 Å². The lowest BCUT2D eigenvalue weighted by Crippen LogP contribution is -2.02. The van der Waals surface area contributed by atoms with Gasteiger partial charge < -0.3 is 0 Å². The molecule has 0 unspecified atom stereocenters. The van der Waals surface area contributed by atoms with Crippen molar-refractivity contribution in [2.75, 3.05) is 0 Å². The van der Waals surface area contributed by atoms with E-state index in [0.29, 0.717) is 17.3 Å². The molecule has 0 spiro atoms. The predicted octanol–water partition coefficient (Wildman–Crippen LogP) is 8.42. The zero-order valence-electron chi connectivity index (χ0n) is 20.3. The maximum absolute atomic E-state index is 6.38. The van der Waals surface area contributed by atoms with Gasteiger partial charge >= 0.3 is 0 Å². The van der Waals surface area contributed by atoms with Crippen LogP contribution in [0.5, 0.6) is 0 Å². The van der Waals surface area contributed by atoms with E-state index in [1.54, 1.807) is 23.1 Å². The maximum Gasteiger partial charge on any atom is 0.192 e. The first kappa shape index (κ1) is 24.6. The van der Waals surface area contributed by atoms with E-state index in [9.17, 15) is 0 Å². The molecule has 6 rings (SSSR count). The Kier molecular flexibility index (Phi) is 7.05. The summed E-state index contributed by atoms with van der Waals surface area (Å²) in [7, 11) is 0. The van der Waals surface area contributed by atoms with Crippen molar-refractivity contribution in [2.24, 2.45) is 0 Å². The highest BCUT2D eigenvalue weighted by atomic mass is 35.5. The summed E-state index contributed by atoms with van der Waals surface area (Å²) in [4.78, 5) is 9.73. The van der Waals surface area contributed by atoms with Gasteiger partial charge in [-0.3, -0.25) is 4.57 Å². The Morgan fingerprint density at radius 1 is 0.895 bits per heavy atom. The van der Waals surface area contributed by atoms with Crippen molar-refractivity contribution in [2.45, 2.75) is 17.5 Å². The fraction of sp³-hybridized carbons (Fsp3) is 0.0667. The molecule has 0 radical (unpaired) electrons. The van der Waals surface area contributed by atoms with Crippen molar-refractivity contribution < 1.29 is 0 Å². The molecule has 0 saturated heterocycles. The van der Waals surface area contributed by atoms with Crippen LogP contribution in [0.4, 0.5) is 0 Å². The van der Waals surface area contributed by atoms with E-state index >= 15 is 0 Å². The lowest BCUT2D eigenvalue weighted by molar-refractivity contribution is 0.731. The molecule has 0 bridgehead atoms. The Balaban J connectivity index is 1.35. The third-order valence-corrected chi connectivity index (χ3v) is 8.31. The summed E-state index contributed by atoms with van der Waals surface area (Å²) in [6.07, 6.45) is 1.87. The second-order valence-electron chi connectivity index (χ2n) is 8.56. The van der Waals surface area contributed by atoms with Crippen LogP contribution < -0.4 is 0 Å². The van der Waals surface area contributed by atoms with Gasteiger partial charge in [-0.2, -0.15) is 0 Å². The third-order valence-electron chi connectivity index (χ3n) is 6.06. The highest BCUT2D eigenvalue weighted by Gasteiger charge is 2.18. The van der Waals surface area contributed by atoms with Gasteiger partial charge in [0, 0.05) is 39.8 Å². The topological polar surface area (TPSA) is 56.5 Å². The molecule has 0 atom stereocenters. The summed E-state index contributed by atoms with van der Waals surface area (Å²) in [6.45, 7) is 4.57. The minimum absolute atomic E-state index is 0.587. The largest absolute Gasteiger partial charge is 0.298 e. The molecule has 0 aliphatic heterocycles. The molecule has 0 amide bonds. The molecule has 0 aliphatic carbocycles. The zero-order valence-corrected chi connectivity index (χ0v) is 22.7. The minimum atomic E-state index is 0.587. The fourth-order valence-electron chi connectivity index (χ4n) is 4.28. The smallest absolute Gasteiger partial charge is 0.192 e. The third kappa shape index (κ3) is 4.88. The summed E-state index contributed by atoms with van der Waals surface area (Å²) in [6, 6.07) is 28.2. The van der Waals surface area contributed by atoms with E-state index in [1.165, 1.54) is 0 Å². The lowest BCUT2D eigenvalue weighted by atomic mass is 10.0. The number of para-hydroxylation sites is 1. The van der Waals surface area contributed by atoms with Gasteiger partial charge in [0.25, 0.3) is 0 Å². The van der Waals surface area contributed by atoms with Gasteiger partial charge in [0.2, 0.25) is 0 Å². The summed E-state index contributed by atoms with van der Waals surface area (Å²) >= 11 is 9.58. The second kappa shape index (κ2) is 10.9. The monoisotopic (exact) mass is 551 g/mol. The van der Waals surface area contributed by atoms with E-state index in [0.717, 1.165) is 55.0 Å². The van der Waals surface area contributed by atoms with Crippen LogP contribution in [0.15, 0.2) is 108 Å². The quantitative estimate of drug-likeness (QED) is 0.140. The van der Waals surface area contributed by atoms with Gasteiger partial charge in [0.15, 0.2) is 11.0 Å². The molecule has 0 fully saturated rings. The number of nitrogens with zero attached hydrogens (tertiary/aromatic N) is 5. The first-order valence-electron chi connectivity index (χ1n) is 12.0. The molecular weight excluding hydrogens is 530 g/mol. The second-order valence-corrected chi connectivity index (χ2v) is 10.8. The number of hydrogen-bond acceptors (Lipinski definition) is 6. The van der Waals surface area contributed by atoms with Gasteiger partial charge in [-0.15, -0.1) is 28.1 Å². The van der Waals surface area contributed by atoms with E-state index < -0.39 is 0 Å². The van der Waals surface area contributed by atoms with Gasteiger partial charge in [0.05, 0.1) is 21.9 Å². The number of hydrogen-bond donors (Lipinski definition) is 0. The van der Waals surface area contributed by atoms with Crippen LogP contribution in [-0.4, -0.2) is 24.7 Å². The number of thioether (sulfide) groups is 1. The summed E-state index contributed by atoms with van der Waals surface area (Å²) in [5, 5.41) is 14.8. The highest BCUT2D eigenvalue weighted by Crippen LogP contribution is 2.35. The van der Waals surface area contributed by atoms with Crippen molar-refractivity contribution in [1.82, 2.24) is 24.7 Å². The Labute approximate surface area is 233 Å². The number of benzene rings is 3. The number of allylic oxidation sites excluding steroid dienone is 1. The molecule has 0 N–H and O–H groups in total. The number of pyridine rings is 1. The number of halogens is 1. The van der Waals surface area contributed by atoms with Crippen LogP contribution in [0.1, 0.15) is 5.69 Å². The molecule has 6 aromatic rings. The van der Waals surface area contributed by atoms with Crippen molar-refractivity contribution in [3.8, 4) is 33.2 Å². The van der Waals surface area contributed by atoms with Gasteiger partial charge in [-0.05, 0) is 18.2 Å². The fourth-order valence-corrected chi connectivity index (χ4v) is 6.36. The first-order valence-corrected chi connectivity index (χ1v) is 14.3. The standard InChI is InChI=1S/C30H22ClN5S2/c1-2-16-36-28(24-17-27(20-10-4-3-5-11-20)33-26-15-9-7-12-22(24)26)34-35-30(36)38-19-21-18-37-29(32-21)23-13-6-8-14-25(23)31/h2-15,17-18H,1,16,19H2. The maximum atomic E-state index is 6.38. The SMILES string of the molecule is C=CCn1c(SCc2csc(-c3ccccc3Cl)n2)nnc1-c1cc(-c2ccccc2)nc2ccccc12. The van der Waals surface area contributed by atoms with Crippen molar-refractivity contribution in [3.05, 3.63) is 114 Å². The zero-order chi connectivity index (χ0) is 25.9. The number of thiazole rings is 1. The van der Waals surface area contributed by atoms with Crippen LogP contribution in [0.25, 0.3) is 44.1 Å². The van der Waals surface area contributed by atoms with E-state index in [4.69, 9.17) is 21.6 Å². The van der Waals surface area contributed by atoms with Crippen LogP contribution in [0, 0.1) is 0 Å². The highest BCUT2D eigenvalue weighted by molar-refractivity contribution is 7.98. The van der Waals surface area contributed by atoms with Crippen molar-refractivity contribution in [1.29, 1.82) is 0 Å². The van der Waals surface area contributed by atoms with Crippen LogP contribution in [-0.2, 0) is 12.3 Å². The molecule has 186 valence electrons. The molecule has 38 heavy (non-hydrogen) atoms. The Morgan fingerprint density at radius 3 is 2.53 bits per heavy atom. The van der Waals surface area contributed by atoms with Gasteiger partial charge in [-0.1, -0.05) is 96.2 Å². The summed E-state index contributed by atoms with van der Waals surface area (Å²) in [5.41, 5.74) is 5.79. The van der Waals surface area contributed by atoms with Gasteiger partial charge in [0.1, 0.15) is 5.01 Å². The number of rotatable bonds is 8. The molecule has 0 aliphatic rings. The molecule has 8 heteroatoms. The molecule has 3 heterocycles. The van der Waals surface area contributed by atoms with Crippen molar-refractivity contribution in [3.63, 3.8) is 0 Å². The minimum Gasteiger partial charge on any atom is -0.298 e. The summed E-state index contributed by atoms with van der Waals surface area (Å²) < 4.78 is 2.11. The normalized spacial score (nSPS) is 11.2. The van der Waals surface area contributed by atoms with Crippen LogP contribution >= 0.6 is 34.7 Å². The average Bonchev–Trinajstić information content (AvgIpc) is 3.59. The molecule has 5 nitrogen and oxygen atoms in total. The van der Waals surface area contributed by atoms with E-state index in [1.807, 2.05) is 66.7 Å². The average molecular weight is 552 g/mol. The first-order chi connectivity index (χ1) is 18.7. The van der Waals surface area contributed by atoms with Crippen LogP contribution in [0.3, 0.4) is 0 Å². The Hall–Kier alpha value is -3.78. The predicted molar refractivity (Wildman–Crippen MR) is 159 cm³/mol. The Morgan fingerprint density at radius 2 is 1.68 bits per heavy atom. The van der Waals surface area contributed by atoms with Crippen LogP contribution in [0.2, 0.25) is 5.02 Å². The van der Waals surface area contributed by atoms with E-state index in [2.05, 4.69) is 51.0 Å². The Bertz CT molecular complexity index is 1740. The molecule has 3 aromatic heterocycles. The number of aromatic nitrogens is 5. The van der Waals surface area contributed by atoms with Gasteiger partial charge in [-0.25, -0.2) is 9.97 Å². The van der Waals surface area contributed by atoms with Crippen molar-refractivity contribution >= 4 is 45.6 Å². The summed E-state index contributed by atoms with van der Waals surface area (Å²) in [5.74, 6) is 1.46. The molecule has 3 aromatic carbocycles.